The Bertz CT molecular complexity index is 1060. The van der Waals surface area contributed by atoms with Gasteiger partial charge in [0.05, 0.1) is 20.2 Å². The summed E-state index contributed by atoms with van der Waals surface area (Å²) < 4.78 is 5.24. The molecule has 0 bridgehead atoms. The van der Waals surface area contributed by atoms with Crippen LogP contribution in [0.1, 0.15) is 31.0 Å². The number of piperazine rings is 1. The second kappa shape index (κ2) is 10.4. The minimum absolute atomic E-state index is 0.0317. The number of benzene rings is 2. The molecular weight excluding hydrogens is 442 g/mol. The molecule has 2 aliphatic rings. The number of carbonyl (C=O) groups is 2. The van der Waals surface area contributed by atoms with Crippen LogP contribution in [0.3, 0.4) is 0 Å². The van der Waals surface area contributed by atoms with Gasteiger partial charge in [-0.05, 0) is 29.2 Å². The number of methoxy groups -OCH3 is 1. The maximum absolute atomic E-state index is 13.6. The zero-order valence-corrected chi connectivity index (χ0v) is 21.0. The molecule has 2 fully saturated rings. The lowest BCUT2D eigenvalue weighted by Crippen LogP contribution is -2.72. The van der Waals surface area contributed by atoms with Crippen LogP contribution in [0.15, 0.2) is 67.0 Å². The second-order valence-corrected chi connectivity index (χ2v) is 9.54. The number of nitrogens with one attached hydrogen (secondary N) is 1. The number of hydrogen-bond acceptors (Lipinski definition) is 6. The highest BCUT2D eigenvalue weighted by Gasteiger charge is 2.50. The normalized spacial score (nSPS) is 20.8. The highest BCUT2D eigenvalue weighted by molar-refractivity contribution is 5.91. The van der Waals surface area contributed by atoms with E-state index in [1.807, 2.05) is 76.6 Å². The molecule has 0 aliphatic carbocycles. The van der Waals surface area contributed by atoms with E-state index in [0.717, 1.165) is 16.9 Å². The largest absolute Gasteiger partial charge is 0.497 e. The number of ether oxygens (including phenoxy) is 1. The van der Waals surface area contributed by atoms with Gasteiger partial charge >= 0.3 is 0 Å². The summed E-state index contributed by atoms with van der Waals surface area (Å²) in [7, 11) is 3.53. The van der Waals surface area contributed by atoms with Crippen LogP contribution in [0.4, 0.5) is 0 Å². The Labute approximate surface area is 207 Å². The molecule has 8 nitrogen and oxygen atoms in total. The van der Waals surface area contributed by atoms with E-state index >= 15 is 0 Å². The van der Waals surface area contributed by atoms with Crippen molar-refractivity contribution >= 4 is 11.8 Å². The van der Waals surface area contributed by atoms with Gasteiger partial charge in [0.15, 0.2) is 0 Å². The van der Waals surface area contributed by atoms with Crippen molar-refractivity contribution in [1.29, 1.82) is 0 Å². The minimum Gasteiger partial charge on any atom is -0.497 e. The third-order valence-corrected chi connectivity index (χ3v) is 6.46. The molecule has 0 saturated carbocycles. The van der Waals surface area contributed by atoms with Crippen molar-refractivity contribution in [2.45, 2.75) is 32.6 Å². The van der Waals surface area contributed by atoms with Crippen molar-refractivity contribution in [1.82, 2.24) is 25.1 Å². The van der Waals surface area contributed by atoms with Gasteiger partial charge in [-0.25, -0.2) is 5.01 Å². The molecule has 8 heteroatoms. The number of hydrogen-bond donors (Lipinski definition) is 1. The van der Waals surface area contributed by atoms with Gasteiger partial charge in [0.1, 0.15) is 23.8 Å². The molecule has 2 heterocycles. The highest BCUT2D eigenvalue weighted by atomic mass is 16.5. The number of rotatable bonds is 8. The average Bonchev–Trinajstić information content (AvgIpc) is 2.84. The number of carbonyl (C=O) groups excluding carboxylic acids is 2. The van der Waals surface area contributed by atoms with Crippen molar-refractivity contribution in [2.24, 2.45) is 5.92 Å². The van der Waals surface area contributed by atoms with Crippen LogP contribution >= 0.6 is 0 Å². The van der Waals surface area contributed by atoms with Crippen LogP contribution in [-0.4, -0.2) is 71.6 Å². The average molecular weight is 478 g/mol. The Morgan fingerprint density at radius 1 is 1.11 bits per heavy atom. The number of hydrazine groups is 1. The van der Waals surface area contributed by atoms with Gasteiger partial charge in [0, 0.05) is 20.1 Å². The van der Waals surface area contributed by atoms with Gasteiger partial charge in [-0.2, -0.15) is 0 Å². The lowest BCUT2D eigenvalue weighted by atomic mass is 9.98. The van der Waals surface area contributed by atoms with E-state index in [2.05, 4.69) is 25.7 Å². The molecule has 1 unspecified atom stereocenters. The van der Waals surface area contributed by atoms with E-state index in [1.54, 1.807) is 12.0 Å². The van der Waals surface area contributed by atoms with Crippen LogP contribution in [0.25, 0.3) is 0 Å². The fourth-order valence-corrected chi connectivity index (χ4v) is 4.88. The third kappa shape index (κ3) is 5.12. The molecule has 1 N–H and O–H groups in total. The quantitative estimate of drug-likeness (QED) is 0.631. The molecule has 35 heavy (non-hydrogen) atoms. The Balaban J connectivity index is 1.62. The third-order valence-electron chi connectivity index (χ3n) is 6.46. The van der Waals surface area contributed by atoms with Crippen LogP contribution in [0.5, 0.6) is 5.75 Å². The van der Waals surface area contributed by atoms with Crippen LogP contribution in [-0.2, 0) is 16.1 Å². The molecule has 0 spiro atoms. The second-order valence-electron chi connectivity index (χ2n) is 9.54. The summed E-state index contributed by atoms with van der Waals surface area (Å²) in [5.74, 6) is 1.70. The topological polar surface area (TPSA) is 68.4 Å². The first-order valence-corrected chi connectivity index (χ1v) is 12.0. The van der Waals surface area contributed by atoms with E-state index < -0.39 is 6.04 Å². The Morgan fingerprint density at radius 2 is 1.80 bits per heavy atom. The molecule has 4 rings (SSSR count). The summed E-state index contributed by atoms with van der Waals surface area (Å²) in [5.41, 5.74) is 1.91. The summed E-state index contributed by atoms with van der Waals surface area (Å²) in [6.45, 7) is 10.3. The van der Waals surface area contributed by atoms with Crippen LogP contribution in [0, 0.1) is 5.92 Å². The first-order valence-electron chi connectivity index (χ1n) is 12.0. The van der Waals surface area contributed by atoms with Gasteiger partial charge in [0.25, 0.3) is 0 Å². The van der Waals surface area contributed by atoms with Crippen molar-refractivity contribution in [3.63, 3.8) is 0 Å². The van der Waals surface area contributed by atoms with E-state index in [0.29, 0.717) is 31.4 Å². The van der Waals surface area contributed by atoms with Crippen molar-refractivity contribution in [2.75, 3.05) is 33.8 Å². The summed E-state index contributed by atoms with van der Waals surface area (Å²) in [4.78, 5) is 30.6. The molecule has 0 radical (unpaired) electrons. The SMILES string of the molecule is C=C(NCc1ccc(OC)cc1)N1C2CN(CC(C)C)C(=O)[C@H](c3ccccc3)N2C(=O)CN1C. The zero-order chi connectivity index (χ0) is 25.1. The molecule has 186 valence electrons. The standard InChI is InChI=1S/C27H35N5O3/c1-19(2)16-30-17-24-31(26(27(30)34)22-9-7-6-8-10-22)25(33)18-29(4)32(24)20(3)28-15-21-11-13-23(35-5)14-12-21/h6-14,19,24,26,28H,3,15-18H2,1-2,4-5H3/t24?,26-/m0/s1. The number of likely N-dealkylation sites (N-methyl/N-ethyl adjacent to an activating group) is 1. The van der Waals surface area contributed by atoms with E-state index in [4.69, 9.17) is 4.74 Å². The van der Waals surface area contributed by atoms with Gasteiger partial charge < -0.3 is 19.9 Å². The van der Waals surface area contributed by atoms with Crippen LogP contribution in [0.2, 0.25) is 0 Å². The predicted molar refractivity (Wildman–Crippen MR) is 135 cm³/mol. The summed E-state index contributed by atoms with van der Waals surface area (Å²) in [5, 5.41) is 7.32. The number of fused-ring (bicyclic) bond motifs is 1. The monoisotopic (exact) mass is 477 g/mol. The zero-order valence-electron chi connectivity index (χ0n) is 21.0. The Kier molecular flexibility index (Phi) is 7.31. The summed E-state index contributed by atoms with van der Waals surface area (Å²) in [6, 6.07) is 16.8. The molecular formula is C27H35N5O3. The molecule has 2 amide bonds. The number of nitrogens with zero attached hydrogens (tertiary/aromatic N) is 4. The van der Waals surface area contributed by atoms with Crippen molar-refractivity contribution in [3.8, 4) is 5.75 Å². The Hall–Kier alpha value is -3.52. The Morgan fingerprint density at radius 3 is 2.43 bits per heavy atom. The lowest BCUT2D eigenvalue weighted by Gasteiger charge is -2.56. The maximum Gasteiger partial charge on any atom is 0.250 e. The van der Waals surface area contributed by atoms with Gasteiger partial charge in [-0.1, -0.05) is 62.9 Å². The predicted octanol–water partition coefficient (Wildman–Crippen LogP) is 2.81. The van der Waals surface area contributed by atoms with Gasteiger partial charge in [-0.15, -0.1) is 0 Å². The van der Waals surface area contributed by atoms with Crippen molar-refractivity contribution < 1.29 is 14.3 Å². The van der Waals surface area contributed by atoms with E-state index in [9.17, 15) is 9.59 Å². The number of amides is 2. The minimum atomic E-state index is -0.660. The molecule has 2 saturated heterocycles. The van der Waals surface area contributed by atoms with E-state index in [-0.39, 0.29) is 24.5 Å². The molecule has 2 aromatic carbocycles. The molecule has 2 aromatic rings. The van der Waals surface area contributed by atoms with Crippen molar-refractivity contribution in [3.05, 3.63) is 78.1 Å². The van der Waals surface area contributed by atoms with Gasteiger partial charge in [-0.3, -0.25) is 14.6 Å². The summed E-state index contributed by atoms with van der Waals surface area (Å²) in [6.07, 6.45) is -0.362. The summed E-state index contributed by atoms with van der Waals surface area (Å²) >= 11 is 0. The first kappa shape index (κ1) is 24.6. The maximum atomic E-state index is 13.6. The van der Waals surface area contributed by atoms with Crippen LogP contribution < -0.4 is 10.1 Å². The molecule has 2 aliphatic heterocycles. The lowest BCUT2D eigenvalue weighted by molar-refractivity contribution is -0.193. The highest BCUT2D eigenvalue weighted by Crippen LogP contribution is 2.35. The fourth-order valence-electron chi connectivity index (χ4n) is 4.88. The smallest absolute Gasteiger partial charge is 0.250 e. The van der Waals surface area contributed by atoms with Gasteiger partial charge in [0.2, 0.25) is 11.8 Å². The fraction of sp³-hybridized carbons (Fsp3) is 0.407. The van der Waals surface area contributed by atoms with E-state index in [1.165, 1.54) is 0 Å². The molecule has 2 atom stereocenters. The molecule has 0 aromatic heterocycles. The first-order chi connectivity index (χ1) is 16.8.